The number of piperidine rings is 2. The van der Waals surface area contributed by atoms with Crippen LogP contribution in [0.25, 0.3) is 0 Å². The van der Waals surface area contributed by atoms with Gasteiger partial charge in [-0.3, -0.25) is 38.1 Å². The lowest BCUT2D eigenvalue weighted by atomic mass is 9.79. The van der Waals surface area contributed by atoms with Crippen molar-refractivity contribution in [2.75, 3.05) is 52.4 Å². The number of ether oxygens (including phenoxy) is 4. The number of hydrogen-bond donors (Lipinski definition) is 1. The number of rotatable bonds is 16. The van der Waals surface area contributed by atoms with Crippen LogP contribution in [0.5, 0.6) is 0 Å². The molecular formula is C78H127N11O11. The van der Waals surface area contributed by atoms with Gasteiger partial charge in [0.15, 0.2) is 0 Å². The Labute approximate surface area is 598 Å². The van der Waals surface area contributed by atoms with Gasteiger partial charge in [-0.25, -0.2) is 14.4 Å². The zero-order valence-corrected chi connectivity index (χ0v) is 64.4. The second kappa shape index (κ2) is 35.3. The van der Waals surface area contributed by atoms with Gasteiger partial charge >= 0.3 is 24.2 Å². The number of hydrogen-bond acceptors (Lipinski definition) is 16. The first-order valence-corrected chi connectivity index (χ1v) is 38.6. The fraction of sp³-hybridized carbons (Fsp3) is 0.795. The Morgan fingerprint density at radius 3 is 1.34 bits per heavy atom. The van der Waals surface area contributed by atoms with E-state index in [0.717, 1.165) is 108 Å². The number of ketones is 3. The predicted octanol–water partition coefficient (Wildman–Crippen LogP) is 13.2. The minimum atomic E-state index is -0.670. The largest absolute Gasteiger partial charge is 0.460 e. The number of esters is 1. The van der Waals surface area contributed by atoms with Gasteiger partial charge in [0.25, 0.3) is 0 Å². The lowest BCUT2D eigenvalue weighted by Crippen LogP contribution is -2.48. The summed E-state index contributed by atoms with van der Waals surface area (Å²) in [7, 11) is 0. The molecule has 22 nitrogen and oxygen atoms in total. The standard InChI is InChI=1S/C26H43N3O2.C17H27N3O2.C13H21NO4.C12H19N3.C10H17NO3/c1-5-24-22-18-28(15-13-23(22)27-29(24)17-21-10-11-21)14-12-19-6-8-20(9-7-19)16-25(30)31-26(2,3)4;1-5-15-13-11-19(16(21)22-17(2,3)4)9-8-14(13)18-20(15)10-12-6-7-12;1-5-10(15)9-8-14(7-6-11(9)16)12(17)18-13(2,3)4;1-2-12-10-7-13-6-5-11(10)14-15(12)8-9-3-4-9;1-10(2,3)14-9(13)11-6-4-8(12)5-7-11/h19-21H,5-18H2,1-4H3;12H,5-11H2,1-4H3;9H,5-8H2,1-4H3;9,13H,2-8H2,1H3;4-7H2,1-3H3. The minimum absolute atomic E-state index is 0.0194. The van der Waals surface area contributed by atoms with E-state index in [9.17, 15) is 33.6 Å². The van der Waals surface area contributed by atoms with Crippen molar-refractivity contribution in [2.45, 2.75) is 314 Å². The Kier molecular flexibility index (Phi) is 28.1. The summed E-state index contributed by atoms with van der Waals surface area (Å²) in [6.07, 6.45) is 21.8. The van der Waals surface area contributed by atoms with Crippen LogP contribution < -0.4 is 5.32 Å². The summed E-state index contributed by atoms with van der Waals surface area (Å²) in [6.45, 7) is 42.6. The van der Waals surface area contributed by atoms with Crippen molar-refractivity contribution in [1.29, 1.82) is 0 Å². The molecule has 560 valence electrons. The number of nitrogens with zero attached hydrogens (tertiary/aromatic N) is 10. The number of Topliss-reactive ketones (excluding diaryl/α,β-unsaturated/α-hetero) is 3. The van der Waals surface area contributed by atoms with E-state index in [0.29, 0.717) is 64.3 Å². The Morgan fingerprint density at radius 1 is 0.460 bits per heavy atom. The number of carbonyl (C=O) groups excluding carboxylic acids is 7. The molecule has 100 heavy (non-hydrogen) atoms. The Bertz CT molecular complexity index is 3220. The lowest BCUT2D eigenvalue weighted by molar-refractivity contribution is -0.156. The molecule has 9 aliphatic rings. The van der Waals surface area contributed by atoms with Crippen LogP contribution in [0.15, 0.2) is 0 Å². The lowest BCUT2D eigenvalue weighted by Gasteiger charge is -2.32. The molecule has 3 aromatic rings. The van der Waals surface area contributed by atoms with Crippen molar-refractivity contribution in [3.63, 3.8) is 0 Å². The Balaban J connectivity index is 0.000000164. The van der Waals surface area contributed by atoms with Crippen molar-refractivity contribution in [2.24, 2.45) is 35.5 Å². The third kappa shape index (κ3) is 25.1. The molecule has 0 radical (unpaired) electrons. The summed E-state index contributed by atoms with van der Waals surface area (Å²) in [5.41, 5.74) is 10.6. The molecule has 4 saturated carbocycles. The molecule has 12 rings (SSSR count). The molecule has 8 heterocycles. The number of carbonyl (C=O) groups is 7. The monoisotopic (exact) mass is 1390 g/mol. The highest BCUT2D eigenvalue weighted by Crippen LogP contribution is 2.37. The van der Waals surface area contributed by atoms with Gasteiger partial charge in [0, 0.05) is 164 Å². The van der Waals surface area contributed by atoms with Crippen LogP contribution in [0.3, 0.4) is 0 Å². The molecule has 0 bridgehead atoms. The fourth-order valence-electron chi connectivity index (χ4n) is 14.2. The van der Waals surface area contributed by atoms with Crippen molar-refractivity contribution in [3.05, 3.63) is 50.9 Å². The average Bonchev–Trinajstić information content (AvgIpc) is 1.66. The number of fused-ring (bicyclic) bond motifs is 3. The molecular weight excluding hydrogens is 1270 g/mol. The van der Waals surface area contributed by atoms with Crippen LogP contribution in [-0.2, 0) is 116 Å². The smallest absolute Gasteiger partial charge is 0.410 e. The van der Waals surface area contributed by atoms with Crippen LogP contribution in [-0.4, -0.2) is 165 Å². The van der Waals surface area contributed by atoms with Gasteiger partial charge in [0.2, 0.25) is 0 Å². The summed E-state index contributed by atoms with van der Waals surface area (Å²) in [5, 5.41) is 18.0. The summed E-state index contributed by atoms with van der Waals surface area (Å²) >= 11 is 0. The van der Waals surface area contributed by atoms with Gasteiger partial charge in [0.1, 0.15) is 39.8 Å². The van der Waals surface area contributed by atoms with E-state index in [1.54, 1.807) is 32.6 Å². The summed E-state index contributed by atoms with van der Waals surface area (Å²) < 4.78 is 28.3. The van der Waals surface area contributed by atoms with Gasteiger partial charge in [-0.2, -0.15) is 15.3 Å². The number of likely N-dealkylation sites (tertiary alicyclic amines) is 2. The maximum atomic E-state index is 12.3. The first-order chi connectivity index (χ1) is 47.2. The zero-order chi connectivity index (χ0) is 72.9. The maximum absolute atomic E-state index is 12.3. The van der Waals surface area contributed by atoms with Crippen LogP contribution in [0.1, 0.15) is 264 Å². The second-order valence-electron chi connectivity index (χ2n) is 33.6. The van der Waals surface area contributed by atoms with Crippen LogP contribution >= 0.6 is 0 Å². The molecule has 6 fully saturated rings. The molecule has 5 aliphatic heterocycles. The average molecular weight is 1390 g/mol. The van der Waals surface area contributed by atoms with E-state index in [2.05, 4.69) is 45.0 Å². The van der Waals surface area contributed by atoms with E-state index in [1.165, 1.54) is 133 Å². The first-order valence-electron chi connectivity index (χ1n) is 38.6. The van der Waals surface area contributed by atoms with E-state index >= 15 is 0 Å². The summed E-state index contributed by atoms with van der Waals surface area (Å²) in [6, 6.07) is 0. The summed E-state index contributed by atoms with van der Waals surface area (Å²) in [5.74, 6) is 3.32. The third-order valence-corrected chi connectivity index (χ3v) is 20.1. The molecule has 1 unspecified atom stereocenters. The molecule has 3 amide bonds. The van der Waals surface area contributed by atoms with E-state index < -0.39 is 28.8 Å². The molecule has 4 aliphatic carbocycles. The van der Waals surface area contributed by atoms with Crippen LogP contribution in [0, 0.1) is 35.5 Å². The molecule has 1 atom stereocenters. The highest BCUT2D eigenvalue weighted by Gasteiger charge is 2.37. The molecule has 0 aromatic carbocycles. The van der Waals surface area contributed by atoms with Gasteiger partial charge < -0.3 is 39.0 Å². The van der Waals surface area contributed by atoms with Crippen LogP contribution in [0.4, 0.5) is 14.4 Å². The minimum Gasteiger partial charge on any atom is -0.460 e. The van der Waals surface area contributed by atoms with Crippen LogP contribution in [0.2, 0.25) is 0 Å². The van der Waals surface area contributed by atoms with Crippen molar-refractivity contribution in [1.82, 2.24) is 54.3 Å². The normalized spacial score (nSPS) is 21.0. The molecule has 1 N–H and O–H groups in total. The first kappa shape index (κ1) is 79.5. The maximum Gasteiger partial charge on any atom is 0.410 e. The molecule has 2 saturated heterocycles. The SMILES string of the molecule is CC(C)(C)OC(=O)N1CCC(=O)CC1.CCC(=O)C1CN(C(=O)OC(C)(C)C)CCC1=O.CCc1c2c(nn1CC1CC1)CCN(C(=O)OC(C)(C)C)C2.CCc1c2c(nn1CC1CC1)CCN(CCC1CCC(CC(=O)OC(C)(C)C)CC1)C2.CCc1c2c(nn1CC1CC1)CCNC2. The van der Waals surface area contributed by atoms with E-state index in [4.69, 9.17) is 34.2 Å². The second-order valence-corrected chi connectivity index (χ2v) is 33.6. The van der Waals surface area contributed by atoms with Gasteiger partial charge in [-0.05, 0) is 196 Å². The molecule has 3 aromatic heterocycles. The Morgan fingerprint density at radius 2 is 0.870 bits per heavy atom. The summed E-state index contributed by atoms with van der Waals surface area (Å²) in [4.78, 5) is 89.5. The number of amides is 3. The molecule has 22 heteroatoms. The van der Waals surface area contributed by atoms with Crippen molar-refractivity contribution >= 4 is 41.6 Å². The van der Waals surface area contributed by atoms with Gasteiger partial charge in [0.05, 0.1) is 29.5 Å². The number of nitrogens with one attached hydrogen (secondary N) is 1. The third-order valence-electron chi connectivity index (χ3n) is 20.1. The van der Waals surface area contributed by atoms with E-state index in [-0.39, 0.29) is 54.1 Å². The predicted molar refractivity (Wildman–Crippen MR) is 387 cm³/mol. The Hall–Kier alpha value is -6.16. The number of aromatic nitrogens is 6. The van der Waals surface area contributed by atoms with Crippen molar-refractivity contribution in [3.8, 4) is 0 Å². The van der Waals surface area contributed by atoms with E-state index in [1.807, 2.05) is 67.2 Å². The quantitative estimate of drug-likeness (QED) is 0.0797. The zero-order valence-electron chi connectivity index (χ0n) is 64.4. The highest BCUT2D eigenvalue weighted by atomic mass is 16.6. The van der Waals surface area contributed by atoms with Gasteiger partial charge in [-0.1, -0.05) is 40.5 Å². The fourth-order valence-corrected chi connectivity index (χ4v) is 14.2. The topological polar surface area (TPSA) is 235 Å². The highest BCUT2D eigenvalue weighted by molar-refractivity contribution is 6.03. The van der Waals surface area contributed by atoms with Crippen molar-refractivity contribution < 1.29 is 52.5 Å². The van der Waals surface area contributed by atoms with Gasteiger partial charge in [-0.15, -0.1) is 0 Å². The molecule has 0 spiro atoms.